The highest BCUT2D eigenvalue weighted by Crippen LogP contribution is 2.28. The monoisotopic (exact) mass is 268 g/mol. The summed E-state index contributed by atoms with van der Waals surface area (Å²) in [5.41, 5.74) is 0.507. The molecular formula is C14H12N4S. The smallest absolute Gasteiger partial charge is 0.163 e. The lowest BCUT2D eigenvalue weighted by Gasteiger charge is -2.10. The Balaban J connectivity index is 3.07. The van der Waals surface area contributed by atoms with Gasteiger partial charge in [-0.3, -0.25) is 0 Å². The molecule has 0 aromatic heterocycles. The zero-order chi connectivity index (χ0) is 14.1. The maximum Gasteiger partial charge on any atom is 0.163 e. The number of hydrogen-bond donors (Lipinski definition) is 1. The maximum atomic E-state index is 9.01. The number of anilines is 1. The fourth-order valence-corrected chi connectivity index (χ4v) is 2.20. The summed E-state index contributed by atoms with van der Waals surface area (Å²) in [7, 11) is 0. The highest BCUT2D eigenvalue weighted by atomic mass is 32.2. The Labute approximate surface area is 117 Å². The highest BCUT2D eigenvalue weighted by molar-refractivity contribution is 7.99. The molecule has 0 radical (unpaired) electrons. The summed E-state index contributed by atoms with van der Waals surface area (Å²) in [5, 5.41) is 29.4. The third-order valence-corrected chi connectivity index (χ3v) is 3.47. The van der Waals surface area contributed by atoms with Gasteiger partial charge in [0, 0.05) is 4.90 Å². The van der Waals surface area contributed by atoms with Gasteiger partial charge in [0.15, 0.2) is 5.57 Å². The number of nitrogens with zero attached hydrogens (tertiary/aromatic N) is 3. The second-order valence-electron chi connectivity index (χ2n) is 3.56. The second-order valence-corrected chi connectivity index (χ2v) is 4.69. The molecule has 0 fully saturated rings. The topological polar surface area (TPSA) is 83.4 Å². The molecule has 0 heterocycles. The molecule has 0 amide bonds. The number of allylic oxidation sites excluding steroid dienone is 2. The molecule has 0 bridgehead atoms. The first-order chi connectivity index (χ1) is 9.26. The van der Waals surface area contributed by atoms with Gasteiger partial charge in [0.05, 0.1) is 5.69 Å². The summed E-state index contributed by atoms with van der Waals surface area (Å²) >= 11 is 1.67. The molecular weight excluding hydrogens is 256 g/mol. The van der Waals surface area contributed by atoms with Crippen LogP contribution in [-0.4, -0.2) is 5.75 Å². The van der Waals surface area contributed by atoms with E-state index in [4.69, 9.17) is 15.8 Å². The largest absolute Gasteiger partial charge is 0.344 e. The van der Waals surface area contributed by atoms with Crippen LogP contribution in [0.25, 0.3) is 0 Å². The van der Waals surface area contributed by atoms with E-state index in [-0.39, 0.29) is 11.3 Å². The number of nitrogens with one attached hydrogen (secondary N) is 1. The first kappa shape index (κ1) is 14.6. The predicted octanol–water partition coefficient (Wildman–Crippen LogP) is 3.43. The lowest BCUT2D eigenvalue weighted by molar-refractivity contribution is 1.10. The predicted molar refractivity (Wildman–Crippen MR) is 74.9 cm³/mol. The normalized spacial score (nSPS) is 8.74. The first-order valence-electron chi connectivity index (χ1n) is 5.70. The Kier molecular flexibility index (Phi) is 6.03. The zero-order valence-electron chi connectivity index (χ0n) is 10.5. The van der Waals surface area contributed by atoms with Crippen LogP contribution in [0.15, 0.2) is 40.4 Å². The average molecular weight is 268 g/mol. The van der Waals surface area contributed by atoms with Crippen molar-refractivity contribution in [2.45, 2.75) is 18.2 Å². The fraction of sp³-hybridized carbons (Fsp3) is 0.214. The summed E-state index contributed by atoms with van der Waals surface area (Å²) in [6.45, 7) is 2.09. The lowest BCUT2D eigenvalue weighted by Crippen LogP contribution is -2.01. The molecule has 1 aromatic carbocycles. The first-order valence-corrected chi connectivity index (χ1v) is 6.68. The van der Waals surface area contributed by atoms with E-state index in [9.17, 15) is 0 Å². The molecule has 1 N–H and O–H groups in total. The van der Waals surface area contributed by atoms with Crippen LogP contribution >= 0.6 is 11.8 Å². The van der Waals surface area contributed by atoms with Crippen molar-refractivity contribution in [3.63, 3.8) is 0 Å². The highest BCUT2D eigenvalue weighted by Gasteiger charge is 2.08. The van der Waals surface area contributed by atoms with Crippen LogP contribution in [0.3, 0.4) is 0 Å². The summed E-state index contributed by atoms with van der Waals surface area (Å²) < 4.78 is 0. The van der Waals surface area contributed by atoms with Gasteiger partial charge in [0.1, 0.15) is 23.9 Å². The van der Waals surface area contributed by atoms with Crippen molar-refractivity contribution in [3.8, 4) is 18.2 Å². The molecule has 0 unspecified atom stereocenters. The van der Waals surface area contributed by atoms with E-state index >= 15 is 0 Å². The average Bonchev–Trinajstić information content (AvgIpc) is 2.46. The Morgan fingerprint density at radius 2 is 1.84 bits per heavy atom. The minimum atomic E-state index is -0.210. The van der Waals surface area contributed by atoms with Crippen LogP contribution in [0.5, 0.6) is 0 Å². The number of nitriles is 3. The summed E-state index contributed by atoms with van der Waals surface area (Å²) in [6, 6.07) is 12.8. The number of para-hydroxylation sites is 1. The molecule has 1 rings (SSSR count). The van der Waals surface area contributed by atoms with Gasteiger partial charge in [-0.25, -0.2) is 0 Å². The molecule has 0 spiro atoms. The van der Waals surface area contributed by atoms with Gasteiger partial charge in [-0.15, -0.1) is 11.8 Å². The maximum absolute atomic E-state index is 9.01. The third-order valence-electron chi connectivity index (χ3n) is 2.19. The quantitative estimate of drug-likeness (QED) is 0.653. The van der Waals surface area contributed by atoms with Gasteiger partial charge in [0.2, 0.25) is 0 Å². The number of benzene rings is 1. The minimum Gasteiger partial charge on any atom is -0.344 e. The van der Waals surface area contributed by atoms with Gasteiger partial charge < -0.3 is 5.32 Å². The summed E-state index contributed by atoms with van der Waals surface area (Å²) in [5.74, 6) is 0.966. The Morgan fingerprint density at radius 1 is 1.16 bits per heavy atom. The number of hydrogen-bond acceptors (Lipinski definition) is 5. The third kappa shape index (κ3) is 4.07. The van der Waals surface area contributed by atoms with Crippen LogP contribution in [-0.2, 0) is 0 Å². The van der Waals surface area contributed by atoms with E-state index in [0.717, 1.165) is 22.8 Å². The van der Waals surface area contributed by atoms with Crippen molar-refractivity contribution < 1.29 is 0 Å². The van der Waals surface area contributed by atoms with Crippen molar-refractivity contribution in [1.29, 1.82) is 15.8 Å². The van der Waals surface area contributed by atoms with Gasteiger partial charge >= 0.3 is 0 Å². The van der Waals surface area contributed by atoms with E-state index in [2.05, 4.69) is 12.2 Å². The molecule has 0 atom stereocenters. The second kappa shape index (κ2) is 7.82. The molecule has 0 aliphatic rings. The van der Waals surface area contributed by atoms with Crippen molar-refractivity contribution in [2.24, 2.45) is 0 Å². The molecule has 0 aliphatic carbocycles. The van der Waals surface area contributed by atoms with Crippen LogP contribution in [0.1, 0.15) is 13.3 Å². The number of rotatable bonds is 5. The lowest BCUT2D eigenvalue weighted by atomic mass is 10.2. The van der Waals surface area contributed by atoms with E-state index in [1.807, 2.05) is 30.3 Å². The van der Waals surface area contributed by atoms with Crippen LogP contribution in [0.4, 0.5) is 5.69 Å². The van der Waals surface area contributed by atoms with Gasteiger partial charge in [-0.1, -0.05) is 19.1 Å². The van der Waals surface area contributed by atoms with E-state index < -0.39 is 0 Å². The van der Waals surface area contributed by atoms with Gasteiger partial charge in [-0.2, -0.15) is 15.8 Å². The zero-order valence-corrected chi connectivity index (χ0v) is 11.3. The van der Waals surface area contributed by atoms with E-state index in [1.54, 1.807) is 23.9 Å². The Morgan fingerprint density at radius 3 is 2.42 bits per heavy atom. The van der Waals surface area contributed by atoms with E-state index in [0.29, 0.717) is 0 Å². The molecule has 0 aliphatic heterocycles. The molecule has 1 aromatic rings. The molecule has 0 saturated carbocycles. The van der Waals surface area contributed by atoms with Crippen molar-refractivity contribution in [1.82, 2.24) is 0 Å². The minimum absolute atomic E-state index is 0.0189. The Hall–Kier alpha value is -2.42. The van der Waals surface area contributed by atoms with Gasteiger partial charge in [0.25, 0.3) is 0 Å². The van der Waals surface area contributed by atoms with E-state index in [1.165, 1.54) is 0 Å². The summed E-state index contributed by atoms with van der Waals surface area (Å²) in [6.07, 6.45) is 1.04. The van der Waals surface area contributed by atoms with Crippen molar-refractivity contribution in [3.05, 3.63) is 35.5 Å². The van der Waals surface area contributed by atoms with Crippen molar-refractivity contribution >= 4 is 17.4 Å². The standard InChI is InChI=1S/C14H12N4S/c1-2-7-19-14-6-4-3-5-12(14)18-13(10-17)11(8-15)9-16/h3-6,18H,2,7H2,1H3. The van der Waals surface area contributed by atoms with Crippen LogP contribution < -0.4 is 5.32 Å². The van der Waals surface area contributed by atoms with Crippen LogP contribution in [0, 0.1) is 34.0 Å². The SMILES string of the molecule is CCCSc1ccccc1NC(C#N)=C(C#N)C#N. The molecule has 4 nitrogen and oxygen atoms in total. The van der Waals surface area contributed by atoms with Crippen molar-refractivity contribution in [2.75, 3.05) is 11.1 Å². The fourth-order valence-electron chi connectivity index (χ4n) is 1.33. The van der Waals surface area contributed by atoms with Crippen LogP contribution in [0.2, 0.25) is 0 Å². The molecule has 19 heavy (non-hydrogen) atoms. The Bertz CT molecular complexity index is 583. The molecule has 5 heteroatoms. The van der Waals surface area contributed by atoms with Gasteiger partial charge in [-0.05, 0) is 24.3 Å². The number of thioether (sulfide) groups is 1. The summed E-state index contributed by atoms with van der Waals surface area (Å²) in [4.78, 5) is 0.993. The molecule has 0 saturated heterocycles. The molecule has 94 valence electrons.